The molecule has 0 aromatic heterocycles. The van der Waals surface area contributed by atoms with Crippen molar-refractivity contribution in [1.29, 1.82) is 0 Å². The fourth-order valence-electron chi connectivity index (χ4n) is 4.67. The molecule has 3 atom stereocenters. The molecule has 5 rings (SSSR count). The van der Waals surface area contributed by atoms with Crippen LogP contribution in [0.5, 0.6) is 11.5 Å². The Kier molecular flexibility index (Phi) is 5.67. The van der Waals surface area contributed by atoms with Gasteiger partial charge in [0.25, 0.3) is 5.91 Å². The van der Waals surface area contributed by atoms with Crippen molar-refractivity contribution in [2.24, 2.45) is 5.92 Å². The second-order valence-corrected chi connectivity index (χ2v) is 8.57. The van der Waals surface area contributed by atoms with Crippen molar-refractivity contribution in [2.75, 3.05) is 24.2 Å². The third kappa shape index (κ3) is 3.40. The van der Waals surface area contributed by atoms with E-state index in [9.17, 15) is 9.59 Å². The lowest BCUT2D eigenvalue weighted by Crippen LogP contribution is -2.37. The van der Waals surface area contributed by atoms with Gasteiger partial charge in [-0.2, -0.15) is 0 Å². The van der Waals surface area contributed by atoms with E-state index in [4.69, 9.17) is 25.9 Å². The number of hydroxylamine groups is 1. The largest absolute Gasteiger partial charge is 0.497 e. The van der Waals surface area contributed by atoms with E-state index in [2.05, 4.69) is 0 Å². The normalized spacial score (nSPS) is 21.7. The lowest BCUT2D eigenvalue weighted by Gasteiger charge is -2.30. The Morgan fingerprint density at radius 2 is 1.68 bits per heavy atom. The Bertz CT molecular complexity index is 1270. The van der Waals surface area contributed by atoms with Crippen molar-refractivity contribution in [3.05, 3.63) is 82.9 Å². The zero-order valence-electron chi connectivity index (χ0n) is 18.9. The van der Waals surface area contributed by atoms with Gasteiger partial charge in [-0.05, 0) is 48.9 Å². The first-order valence-corrected chi connectivity index (χ1v) is 11.2. The molecule has 0 radical (unpaired) electrons. The van der Waals surface area contributed by atoms with Crippen molar-refractivity contribution < 1.29 is 23.9 Å². The maximum absolute atomic E-state index is 13.8. The van der Waals surface area contributed by atoms with E-state index in [1.807, 2.05) is 36.4 Å². The summed E-state index contributed by atoms with van der Waals surface area (Å²) in [5.41, 5.74) is 2.56. The van der Waals surface area contributed by atoms with Crippen LogP contribution >= 0.6 is 11.6 Å². The SMILES string of the molecule is COc1ccc([C@H]2[C@H]3C(=O)N(c4cccc(Cl)c4C)C(=O)[C@H]3ON2c2ccccc2)c(OC)c1. The molecule has 0 spiro atoms. The van der Waals surface area contributed by atoms with Crippen molar-refractivity contribution in [2.45, 2.75) is 19.1 Å². The molecule has 2 heterocycles. The number of ether oxygens (including phenoxy) is 2. The first kappa shape index (κ1) is 22.3. The molecule has 0 bridgehead atoms. The highest BCUT2D eigenvalue weighted by Crippen LogP contribution is 2.50. The summed E-state index contributed by atoms with van der Waals surface area (Å²) in [6.07, 6.45) is -0.983. The topological polar surface area (TPSA) is 68.3 Å². The smallest absolute Gasteiger partial charge is 0.266 e. The highest BCUT2D eigenvalue weighted by atomic mass is 35.5. The third-order valence-electron chi connectivity index (χ3n) is 6.37. The molecule has 2 amide bonds. The van der Waals surface area contributed by atoms with E-state index in [1.54, 1.807) is 56.5 Å². The maximum Gasteiger partial charge on any atom is 0.266 e. The number of carbonyl (C=O) groups excluding carboxylic acids is 2. The van der Waals surface area contributed by atoms with Gasteiger partial charge in [-0.25, -0.2) is 9.96 Å². The van der Waals surface area contributed by atoms with Crippen LogP contribution in [-0.2, 0) is 14.4 Å². The van der Waals surface area contributed by atoms with Gasteiger partial charge in [-0.1, -0.05) is 35.9 Å². The van der Waals surface area contributed by atoms with Crippen LogP contribution in [0.25, 0.3) is 0 Å². The van der Waals surface area contributed by atoms with E-state index in [-0.39, 0.29) is 5.91 Å². The van der Waals surface area contributed by atoms with E-state index >= 15 is 0 Å². The molecule has 0 unspecified atom stereocenters. The molecular weight excluding hydrogens is 456 g/mol. The van der Waals surface area contributed by atoms with E-state index in [1.165, 1.54) is 4.90 Å². The summed E-state index contributed by atoms with van der Waals surface area (Å²) in [5, 5.41) is 2.12. The molecule has 3 aromatic rings. The Morgan fingerprint density at radius 1 is 0.912 bits per heavy atom. The van der Waals surface area contributed by atoms with Crippen LogP contribution < -0.4 is 19.4 Å². The zero-order chi connectivity index (χ0) is 24.0. The van der Waals surface area contributed by atoms with E-state index in [0.29, 0.717) is 33.3 Å². The first-order valence-electron chi connectivity index (χ1n) is 10.8. The number of benzene rings is 3. The summed E-state index contributed by atoms with van der Waals surface area (Å²) in [4.78, 5) is 34.8. The Hall–Kier alpha value is -3.55. The second kappa shape index (κ2) is 8.66. The molecule has 174 valence electrons. The number of hydrogen-bond acceptors (Lipinski definition) is 6. The number of hydrogen-bond donors (Lipinski definition) is 0. The standard InChI is InChI=1S/C26H23ClN2O5/c1-15-19(27)10-7-11-20(15)28-25(30)22-23(18-13-12-17(32-2)14-21(18)33-3)29(34-24(22)26(28)31)16-8-5-4-6-9-16/h4-14,22-24H,1-3H3/t22-,23+,24+/m1/s1. The molecule has 7 nitrogen and oxygen atoms in total. The molecule has 2 fully saturated rings. The van der Waals surface area contributed by atoms with Crippen LogP contribution in [0.1, 0.15) is 17.2 Å². The molecule has 3 aromatic carbocycles. The van der Waals surface area contributed by atoms with E-state index in [0.717, 1.165) is 5.69 Å². The maximum atomic E-state index is 13.8. The molecule has 0 N–H and O–H groups in total. The number of para-hydroxylation sites is 1. The van der Waals surface area contributed by atoms with Crippen molar-refractivity contribution >= 4 is 34.8 Å². The first-order chi connectivity index (χ1) is 16.5. The second-order valence-electron chi connectivity index (χ2n) is 8.16. The molecule has 34 heavy (non-hydrogen) atoms. The highest BCUT2D eigenvalue weighted by molar-refractivity contribution is 6.32. The van der Waals surface area contributed by atoms with Crippen LogP contribution in [0.3, 0.4) is 0 Å². The van der Waals surface area contributed by atoms with Gasteiger partial charge in [-0.3, -0.25) is 14.4 Å². The molecule has 0 aliphatic carbocycles. The lowest BCUT2D eigenvalue weighted by molar-refractivity contribution is -0.126. The predicted molar refractivity (Wildman–Crippen MR) is 128 cm³/mol. The number of rotatable bonds is 5. The van der Waals surface area contributed by atoms with Crippen LogP contribution in [0, 0.1) is 12.8 Å². The zero-order valence-corrected chi connectivity index (χ0v) is 19.7. The van der Waals surface area contributed by atoms with Gasteiger partial charge in [0.2, 0.25) is 5.91 Å². The van der Waals surface area contributed by atoms with Gasteiger partial charge in [-0.15, -0.1) is 0 Å². The van der Waals surface area contributed by atoms with Crippen LogP contribution in [-0.4, -0.2) is 32.1 Å². The Balaban J connectivity index is 1.64. The molecule has 0 saturated carbocycles. The monoisotopic (exact) mass is 478 g/mol. The summed E-state index contributed by atoms with van der Waals surface area (Å²) < 4.78 is 11.0. The lowest BCUT2D eigenvalue weighted by atomic mass is 9.90. The van der Waals surface area contributed by atoms with Crippen LogP contribution in [0.4, 0.5) is 11.4 Å². The van der Waals surface area contributed by atoms with Gasteiger partial charge in [0.15, 0.2) is 6.10 Å². The highest BCUT2D eigenvalue weighted by Gasteiger charge is 2.61. The summed E-state index contributed by atoms with van der Waals surface area (Å²) in [7, 11) is 3.13. The fourth-order valence-corrected chi connectivity index (χ4v) is 4.84. The Labute approximate surface area is 202 Å². The minimum Gasteiger partial charge on any atom is -0.497 e. The van der Waals surface area contributed by atoms with Crippen molar-refractivity contribution in [1.82, 2.24) is 0 Å². The predicted octanol–water partition coefficient (Wildman–Crippen LogP) is 4.72. The number of carbonyl (C=O) groups is 2. The molecule has 2 saturated heterocycles. The summed E-state index contributed by atoms with van der Waals surface area (Å²) in [6.45, 7) is 1.79. The van der Waals surface area contributed by atoms with Crippen LogP contribution in [0.15, 0.2) is 66.7 Å². The van der Waals surface area contributed by atoms with Crippen molar-refractivity contribution in [3.8, 4) is 11.5 Å². The number of anilines is 2. The number of amides is 2. The number of halogens is 1. The number of nitrogens with zero attached hydrogens (tertiary/aromatic N) is 2. The van der Waals surface area contributed by atoms with Gasteiger partial charge in [0.05, 0.1) is 31.6 Å². The molecule has 2 aliphatic rings. The molecular formula is C26H23ClN2O5. The van der Waals surface area contributed by atoms with Gasteiger partial charge in [0, 0.05) is 16.7 Å². The summed E-state index contributed by atoms with van der Waals surface area (Å²) >= 11 is 6.29. The minimum atomic E-state index is -0.983. The molecule has 8 heteroatoms. The Morgan fingerprint density at radius 3 is 2.38 bits per heavy atom. The van der Waals surface area contributed by atoms with Gasteiger partial charge < -0.3 is 9.47 Å². The average Bonchev–Trinajstić information content (AvgIpc) is 3.37. The molecule has 2 aliphatic heterocycles. The number of methoxy groups -OCH3 is 2. The number of imide groups is 1. The third-order valence-corrected chi connectivity index (χ3v) is 6.77. The fraction of sp³-hybridized carbons (Fsp3) is 0.231. The summed E-state index contributed by atoms with van der Waals surface area (Å²) in [6, 6.07) is 19.4. The van der Waals surface area contributed by atoms with Gasteiger partial charge in [0.1, 0.15) is 17.4 Å². The summed E-state index contributed by atoms with van der Waals surface area (Å²) in [5.74, 6) is -0.397. The quantitative estimate of drug-likeness (QED) is 0.494. The van der Waals surface area contributed by atoms with E-state index < -0.39 is 24.0 Å². The minimum absolute atomic E-state index is 0.346. The van der Waals surface area contributed by atoms with Gasteiger partial charge >= 0.3 is 0 Å². The number of fused-ring (bicyclic) bond motifs is 1. The van der Waals surface area contributed by atoms with Crippen molar-refractivity contribution in [3.63, 3.8) is 0 Å². The average molecular weight is 479 g/mol. The van der Waals surface area contributed by atoms with Crippen LogP contribution in [0.2, 0.25) is 5.02 Å².